The molecule has 2 aromatic rings. The van der Waals surface area contributed by atoms with Crippen LogP contribution in [-0.4, -0.2) is 18.3 Å². The maximum Gasteiger partial charge on any atom is 0.255 e. The summed E-state index contributed by atoms with van der Waals surface area (Å²) in [5.41, 5.74) is 1.47. The molecule has 0 unspecified atom stereocenters. The first kappa shape index (κ1) is 11.6. The molecule has 3 nitrogen and oxygen atoms in total. The van der Waals surface area contributed by atoms with Gasteiger partial charge in [-0.25, -0.2) is 0 Å². The number of carbonyl (C=O) groups is 1. The first-order chi connectivity index (χ1) is 8.74. The van der Waals surface area contributed by atoms with Crippen molar-refractivity contribution in [1.82, 2.24) is 5.32 Å². The number of hydrogen-bond acceptors (Lipinski definition) is 2. The molecule has 0 atom stereocenters. The van der Waals surface area contributed by atoms with Crippen molar-refractivity contribution in [2.75, 3.05) is 12.4 Å². The van der Waals surface area contributed by atoms with Gasteiger partial charge in [0.2, 0.25) is 0 Å². The molecule has 1 saturated carbocycles. The highest BCUT2D eigenvalue weighted by Crippen LogP contribution is 2.45. The second-order valence-corrected chi connectivity index (χ2v) is 5.23. The Morgan fingerprint density at radius 3 is 2.89 bits per heavy atom. The maximum atomic E-state index is 12.1. The van der Waals surface area contributed by atoms with Gasteiger partial charge in [0.05, 0.1) is 5.56 Å². The Labute approximate surface area is 110 Å². The standard InChI is InChI=1S/C14H14ClNO2/c15-8-14(5-6-14)9-16-13(17)11-7-18-12-4-2-1-3-10(11)12/h1-4,7H,5-6,8-9H2,(H,16,17). The molecule has 18 heavy (non-hydrogen) atoms. The van der Waals surface area contributed by atoms with Crippen molar-refractivity contribution in [1.29, 1.82) is 0 Å². The van der Waals surface area contributed by atoms with Gasteiger partial charge in [-0.15, -0.1) is 11.6 Å². The third kappa shape index (κ3) is 1.99. The summed E-state index contributed by atoms with van der Waals surface area (Å²) in [7, 11) is 0. The van der Waals surface area contributed by atoms with E-state index < -0.39 is 0 Å². The van der Waals surface area contributed by atoms with Gasteiger partial charge in [0.15, 0.2) is 0 Å². The molecule has 0 spiro atoms. The molecule has 1 fully saturated rings. The maximum absolute atomic E-state index is 12.1. The van der Waals surface area contributed by atoms with Gasteiger partial charge in [-0.1, -0.05) is 18.2 Å². The largest absolute Gasteiger partial charge is 0.463 e. The number of nitrogens with one attached hydrogen (secondary N) is 1. The van der Waals surface area contributed by atoms with Crippen LogP contribution < -0.4 is 5.32 Å². The highest BCUT2D eigenvalue weighted by molar-refractivity contribution is 6.18. The van der Waals surface area contributed by atoms with Crippen LogP contribution >= 0.6 is 11.6 Å². The van der Waals surface area contributed by atoms with E-state index in [-0.39, 0.29) is 11.3 Å². The summed E-state index contributed by atoms with van der Waals surface area (Å²) < 4.78 is 5.36. The van der Waals surface area contributed by atoms with Gasteiger partial charge in [-0.3, -0.25) is 4.79 Å². The number of hydrogen-bond donors (Lipinski definition) is 1. The molecule has 0 bridgehead atoms. The van der Waals surface area contributed by atoms with Gasteiger partial charge in [-0.2, -0.15) is 0 Å². The Kier molecular flexibility index (Phi) is 2.78. The molecule has 0 aliphatic heterocycles. The zero-order chi connectivity index (χ0) is 12.6. The summed E-state index contributed by atoms with van der Waals surface area (Å²) in [6, 6.07) is 7.53. The fraction of sp³-hybridized carbons (Fsp3) is 0.357. The van der Waals surface area contributed by atoms with E-state index >= 15 is 0 Å². The van der Waals surface area contributed by atoms with Crippen LogP contribution in [0.5, 0.6) is 0 Å². The number of carbonyl (C=O) groups excluding carboxylic acids is 1. The molecule has 0 saturated heterocycles. The topological polar surface area (TPSA) is 42.2 Å². The van der Waals surface area contributed by atoms with E-state index in [0.717, 1.165) is 23.8 Å². The number of halogens is 1. The van der Waals surface area contributed by atoms with Crippen molar-refractivity contribution < 1.29 is 9.21 Å². The quantitative estimate of drug-likeness (QED) is 0.861. The lowest BCUT2D eigenvalue weighted by atomic mass is 10.1. The summed E-state index contributed by atoms with van der Waals surface area (Å²) >= 11 is 5.89. The minimum Gasteiger partial charge on any atom is -0.463 e. The summed E-state index contributed by atoms with van der Waals surface area (Å²) in [5, 5.41) is 3.80. The van der Waals surface area contributed by atoms with Gasteiger partial charge in [-0.05, 0) is 18.9 Å². The molecule has 1 aromatic carbocycles. The minimum absolute atomic E-state index is 0.0867. The van der Waals surface area contributed by atoms with Crippen molar-refractivity contribution >= 4 is 28.5 Å². The van der Waals surface area contributed by atoms with E-state index in [2.05, 4.69) is 5.32 Å². The molecule has 3 rings (SSSR count). The fourth-order valence-electron chi connectivity index (χ4n) is 2.05. The summed E-state index contributed by atoms with van der Waals surface area (Å²) in [6.45, 7) is 0.648. The number of benzene rings is 1. The number of amides is 1. The number of alkyl halides is 1. The van der Waals surface area contributed by atoms with Crippen LogP contribution in [0.3, 0.4) is 0 Å². The number of rotatable bonds is 4. The zero-order valence-electron chi connectivity index (χ0n) is 9.91. The SMILES string of the molecule is O=C(NCC1(CCl)CC1)c1coc2ccccc12. The Morgan fingerprint density at radius 1 is 1.39 bits per heavy atom. The van der Waals surface area contributed by atoms with E-state index in [9.17, 15) is 4.79 Å². The molecular formula is C14H14ClNO2. The average Bonchev–Trinajstić information content (AvgIpc) is 3.07. The fourth-order valence-corrected chi connectivity index (χ4v) is 2.41. The zero-order valence-corrected chi connectivity index (χ0v) is 10.7. The van der Waals surface area contributed by atoms with Crippen LogP contribution in [0, 0.1) is 5.41 Å². The molecule has 1 amide bonds. The van der Waals surface area contributed by atoms with Crippen LogP contribution in [-0.2, 0) is 0 Å². The number of para-hydroxylation sites is 1. The van der Waals surface area contributed by atoms with Gasteiger partial charge >= 0.3 is 0 Å². The molecule has 1 aliphatic rings. The molecule has 94 valence electrons. The number of fused-ring (bicyclic) bond motifs is 1. The van der Waals surface area contributed by atoms with Crippen molar-refractivity contribution in [3.8, 4) is 0 Å². The second-order valence-electron chi connectivity index (χ2n) is 4.96. The van der Waals surface area contributed by atoms with Crippen LogP contribution in [0.1, 0.15) is 23.2 Å². The average molecular weight is 264 g/mol. The predicted molar refractivity (Wildman–Crippen MR) is 70.9 cm³/mol. The first-order valence-electron chi connectivity index (χ1n) is 6.05. The first-order valence-corrected chi connectivity index (χ1v) is 6.58. The minimum atomic E-state index is -0.0867. The molecule has 1 heterocycles. The van der Waals surface area contributed by atoms with Crippen LogP contribution in [0.15, 0.2) is 34.9 Å². The summed E-state index contributed by atoms with van der Waals surface area (Å²) in [5.74, 6) is 0.524. The van der Waals surface area contributed by atoms with E-state index in [0.29, 0.717) is 18.0 Å². The molecule has 4 heteroatoms. The van der Waals surface area contributed by atoms with Gasteiger partial charge < -0.3 is 9.73 Å². The lowest BCUT2D eigenvalue weighted by molar-refractivity contribution is 0.0947. The van der Waals surface area contributed by atoms with Gasteiger partial charge in [0.25, 0.3) is 5.91 Å². The van der Waals surface area contributed by atoms with E-state index in [4.69, 9.17) is 16.0 Å². The van der Waals surface area contributed by atoms with Crippen LogP contribution in [0.25, 0.3) is 11.0 Å². The Hall–Kier alpha value is -1.48. The molecule has 1 aliphatic carbocycles. The van der Waals surface area contributed by atoms with E-state index in [1.807, 2.05) is 24.3 Å². The molecule has 0 radical (unpaired) electrons. The van der Waals surface area contributed by atoms with Crippen molar-refractivity contribution in [2.24, 2.45) is 5.41 Å². The highest BCUT2D eigenvalue weighted by Gasteiger charge is 2.41. The Balaban J connectivity index is 1.76. The van der Waals surface area contributed by atoms with Gasteiger partial charge in [0.1, 0.15) is 11.8 Å². The third-order valence-corrected chi connectivity index (χ3v) is 4.16. The molecule has 1 N–H and O–H groups in total. The third-order valence-electron chi connectivity index (χ3n) is 3.59. The highest BCUT2D eigenvalue weighted by atomic mass is 35.5. The smallest absolute Gasteiger partial charge is 0.255 e. The van der Waals surface area contributed by atoms with Crippen molar-refractivity contribution in [2.45, 2.75) is 12.8 Å². The number of furan rings is 1. The lowest BCUT2D eigenvalue weighted by Crippen LogP contribution is -2.30. The van der Waals surface area contributed by atoms with Crippen molar-refractivity contribution in [3.63, 3.8) is 0 Å². The molecule has 1 aromatic heterocycles. The predicted octanol–water partition coefficient (Wildman–Crippen LogP) is 3.18. The van der Waals surface area contributed by atoms with Gasteiger partial charge in [0, 0.05) is 23.2 Å². The lowest BCUT2D eigenvalue weighted by Gasteiger charge is -2.11. The van der Waals surface area contributed by atoms with Crippen molar-refractivity contribution in [3.05, 3.63) is 36.1 Å². The molecular weight excluding hydrogens is 250 g/mol. The van der Waals surface area contributed by atoms with E-state index in [1.54, 1.807) is 0 Å². The van der Waals surface area contributed by atoms with Crippen LogP contribution in [0.2, 0.25) is 0 Å². The monoisotopic (exact) mass is 263 g/mol. The van der Waals surface area contributed by atoms with Crippen LogP contribution in [0.4, 0.5) is 0 Å². The van der Waals surface area contributed by atoms with E-state index in [1.165, 1.54) is 6.26 Å². The second kappa shape index (κ2) is 4.32. The normalized spacial score (nSPS) is 16.7. The summed E-state index contributed by atoms with van der Waals surface area (Å²) in [4.78, 5) is 12.1. The summed E-state index contributed by atoms with van der Waals surface area (Å²) in [6.07, 6.45) is 3.71. The Bertz CT molecular complexity index is 586. The Morgan fingerprint density at radius 2 is 2.17 bits per heavy atom.